The fourth-order valence-electron chi connectivity index (χ4n) is 2.72. The molecule has 2 amide bonds. The Bertz CT molecular complexity index is 655. The Hall–Kier alpha value is -2.48. The molecule has 5 nitrogen and oxygen atoms in total. The molecule has 0 saturated carbocycles. The number of benzene rings is 1. The molecular formula is C19H24N2O3. The summed E-state index contributed by atoms with van der Waals surface area (Å²) in [4.78, 5) is 26.4. The molecule has 24 heavy (non-hydrogen) atoms. The average Bonchev–Trinajstić information content (AvgIpc) is 2.52. The summed E-state index contributed by atoms with van der Waals surface area (Å²) in [5, 5.41) is 2.84. The first kappa shape index (κ1) is 17.9. The van der Waals surface area contributed by atoms with Crippen LogP contribution in [0.25, 0.3) is 0 Å². The summed E-state index contributed by atoms with van der Waals surface area (Å²) < 4.78 is 5.28. The van der Waals surface area contributed by atoms with Crippen molar-refractivity contribution in [2.24, 2.45) is 0 Å². The third-order valence-corrected chi connectivity index (χ3v) is 3.74. The Kier molecular flexibility index (Phi) is 5.50. The van der Waals surface area contributed by atoms with Crippen LogP contribution in [0.4, 0.5) is 4.79 Å². The number of hydrogen-bond acceptors (Lipinski definition) is 3. The highest BCUT2D eigenvalue weighted by molar-refractivity contribution is 5.96. The monoisotopic (exact) mass is 328 g/mol. The number of rotatable bonds is 2. The third kappa shape index (κ3) is 4.76. The standard InChI is InChI=1S/C19H24N2O3/c1-5-14-9-6-7-11-16(14)17(22)21-12-8-10-15(13-21)20-18(23)24-19(2,3)4/h1,6-7,9,11,15H,8,10,12-13H2,2-4H3,(H,20,23)/t15-/m1/s1. The number of piperidine rings is 1. The number of nitrogens with one attached hydrogen (secondary N) is 1. The van der Waals surface area contributed by atoms with Gasteiger partial charge in [-0.2, -0.15) is 0 Å². The number of ether oxygens (including phenoxy) is 1. The van der Waals surface area contributed by atoms with Crippen LogP contribution >= 0.6 is 0 Å². The lowest BCUT2D eigenvalue weighted by molar-refractivity contribution is 0.0452. The number of terminal acetylenes is 1. The van der Waals surface area contributed by atoms with E-state index in [4.69, 9.17) is 11.2 Å². The zero-order valence-electron chi connectivity index (χ0n) is 14.5. The highest BCUT2D eigenvalue weighted by Gasteiger charge is 2.27. The predicted molar refractivity (Wildman–Crippen MR) is 92.7 cm³/mol. The van der Waals surface area contributed by atoms with Gasteiger partial charge in [-0.05, 0) is 45.7 Å². The first-order valence-electron chi connectivity index (χ1n) is 8.14. The van der Waals surface area contributed by atoms with Crippen molar-refractivity contribution < 1.29 is 14.3 Å². The molecule has 0 bridgehead atoms. The summed E-state index contributed by atoms with van der Waals surface area (Å²) in [6.45, 7) is 6.57. The van der Waals surface area contributed by atoms with Gasteiger partial charge in [0.1, 0.15) is 5.60 Å². The molecule has 0 spiro atoms. The second kappa shape index (κ2) is 7.39. The first-order chi connectivity index (χ1) is 11.3. The van der Waals surface area contributed by atoms with Crippen LogP contribution in [0, 0.1) is 12.3 Å². The van der Waals surface area contributed by atoms with Gasteiger partial charge in [0.05, 0.1) is 5.56 Å². The van der Waals surface area contributed by atoms with Crippen LogP contribution in [-0.2, 0) is 4.74 Å². The molecule has 0 unspecified atom stereocenters. The molecule has 0 aliphatic carbocycles. The number of carbonyl (C=O) groups excluding carboxylic acids is 2. The minimum Gasteiger partial charge on any atom is -0.444 e. The lowest BCUT2D eigenvalue weighted by Crippen LogP contribution is -2.50. The zero-order valence-corrected chi connectivity index (χ0v) is 14.5. The van der Waals surface area contributed by atoms with Gasteiger partial charge < -0.3 is 15.0 Å². The van der Waals surface area contributed by atoms with Gasteiger partial charge in [0.25, 0.3) is 5.91 Å². The van der Waals surface area contributed by atoms with Crippen LogP contribution in [0.5, 0.6) is 0 Å². The molecule has 128 valence electrons. The molecule has 1 aliphatic rings. The first-order valence-corrected chi connectivity index (χ1v) is 8.14. The van der Waals surface area contributed by atoms with E-state index in [2.05, 4.69) is 11.2 Å². The second-order valence-corrected chi connectivity index (χ2v) is 6.93. The van der Waals surface area contributed by atoms with Crippen molar-refractivity contribution in [1.29, 1.82) is 0 Å². The molecule has 5 heteroatoms. The smallest absolute Gasteiger partial charge is 0.407 e. The number of amides is 2. The molecule has 1 aromatic carbocycles. The number of alkyl carbamates (subject to hydrolysis) is 1. The molecule has 0 radical (unpaired) electrons. The maximum Gasteiger partial charge on any atom is 0.407 e. The topological polar surface area (TPSA) is 58.6 Å². The van der Waals surface area contributed by atoms with Crippen molar-refractivity contribution in [3.63, 3.8) is 0 Å². The highest BCUT2D eigenvalue weighted by atomic mass is 16.6. The van der Waals surface area contributed by atoms with Gasteiger partial charge in [-0.1, -0.05) is 18.1 Å². The van der Waals surface area contributed by atoms with Crippen LogP contribution in [0.1, 0.15) is 49.5 Å². The van der Waals surface area contributed by atoms with E-state index in [1.165, 1.54) is 0 Å². The van der Waals surface area contributed by atoms with Gasteiger partial charge in [-0.15, -0.1) is 6.42 Å². The van der Waals surface area contributed by atoms with Gasteiger partial charge in [0, 0.05) is 24.7 Å². The van der Waals surface area contributed by atoms with Crippen molar-refractivity contribution in [2.45, 2.75) is 45.3 Å². The molecule has 0 aromatic heterocycles. The summed E-state index contributed by atoms with van der Waals surface area (Å²) in [5.41, 5.74) is 0.572. The van der Waals surface area contributed by atoms with Crippen molar-refractivity contribution >= 4 is 12.0 Å². The Morgan fingerprint density at radius 3 is 2.71 bits per heavy atom. The number of carbonyl (C=O) groups is 2. The van der Waals surface area contributed by atoms with E-state index in [0.29, 0.717) is 24.2 Å². The number of nitrogens with zero attached hydrogens (tertiary/aromatic N) is 1. The van der Waals surface area contributed by atoms with Crippen LogP contribution in [0.15, 0.2) is 24.3 Å². The van der Waals surface area contributed by atoms with Gasteiger partial charge in [0.15, 0.2) is 0 Å². The molecule has 1 saturated heterocycles. The fourth-order valence-corrected chi connectivity index (χ4v) is 2.72. The van der Waals surface area contributed by atoms with Gasteiger partial charge in [-0.25, -0.2) is 4.79 Å². The maximum atomic E-state index is 12.7. The summed E-state index contributed by atoms with van der Waals surface area (Å²) in [5.74, 6) is 2.45. The van der Waals surface area contributed by atoms with Crippen LogP contribution in [-0.4, -0.2) is 41.6 Å². The lowest BCUT2D eigenvalue weighted by atomic mass is 10.0. The van der Waals surface area contributed by atoms with Crippen molar-refractivity contribution in [3.8, 4) is 12.3 Å². The highest BCUT2D eigenvalue weighted by Crippen LogP contribution is 2.17. The molecule has 1 atom stereocenters. The Morgan fingerprint density at radius 2 is 2.04 bits per heavy atom. The van der Waals surface area contributed by atoms with E-state index >= 15 is 0 Å². The third-order valence-electron chi connectivity index (χ3n) is 3.74. The molecule has 1 N–H and O–H groups in total. The number of likely N-dealkylation sites (tertiary alicyclic amines) is 1. The maximum absolute atomic E-state index is 12.7. The summed E-state index contributed by atoms with van der Waals surface area (Å²) in [6.07, 6.45) is 6.67. The van der Waals surface area contributed by atoms with E-state index in [1.807, 2.05) is 26.8 Å². The summed E-state index contributed by atoms with van der Waals surface area (Å²) in [6, 6.07) is 7.00. The van der Waals surface area contributed by atoms with Crippen LogP contribution in [0.2, 0.25) is 0 Å². The number of hydrogen-bond donors (Lipinski definition) is 1. The minimum absolute atomic E-state index is 0.0979. The van der Waals surface area contributed by atoms with E-state index in [1.54, 1.807) is 23.1 Å². The molecule has 1 aromatic rings. The van der Waals surface area contributed by atoms with Crippen molar-refractivity contribution in [3.05, 3.63) is 35.4 Å². The fraction of sp³-hybridized carbons (Fsp3) is 0.474. The van der Waals surface area contributed by atoms with Gasteiger partial charge in [-0.3, -0.25) is 4.79 Å². The van der Waals surface area contributed by atoms with E-state index in [9.17, 15) is 9.59 Å². The second-order valence-electron chi connectivity index (χ2n) is 6.93. The minimum atomic E-state index is -0.542. The molecule has 1 fully saturated rings. The van der Waals surface area contributed by atoms with E-state index in [0.717, 1.165) is 12.8 Å². The van der Waals surface area contributed by atoms with Crippen molar-refractivity contribution in [1.82, 2.24) is 10.2 Å². The zero-order chi connectivity index (χ0) is 17.7. The lowest BCUT2D eigenvalue weighted by Gasteiger charge is -2.33. The quantitative estimate of drug-likeness (QED) is 0.849. The molecule has 1 aliphatic heterocycles. The van der Waals surface area contributed by atoms with Crippen LogP contribution < -0.4 is 5.32 Å². The molecular weight excluding hydrogens is 304 g/mol. The Labute approximate surface area is 143 Å². The summed E-state index contributed by atoms with van der Waals surface area (Å²) >= 11 is 0. The largest absolute Gasteiger partial charge is 0.444 e. The van der Waals surface area contributed by atoms with E-state index in [-0.39, 0.29) is 11.9 Å². The van der Waals surface area contributed by atoms with Crippen molar-refractivity contribution in [2.75, 3.05) is 13.1 Å². The van der Waals surface area contributed by atoms with Gasteiger partial charge in [0.2, 0.25) is 0 Å². The van der Waals surface area contributed by atoms with Crippen LogP contribution in [0.3, 0.4) is 0 Å². The predicted octanol–water partition coefficient (Wildman–Crippen LogP) is 2.80. The average molecular weight is 328 g/mol. The van der Waals surface area contributed by atoms with E-state index < -0.39 is 11.7 Å². The molecule has 1 heterocycles. The Morgan fingerprint density at radius 1 is 1.33 bits per heavy atom. The summed E-state index contributed by atoms with van der Waals surface area (Å²) in [7, 11) is 0. The molecule has 2 rings (SSSR count). The normalized spacial score (nSPS) is 17.8. The Balaban J connectivity index is 2.01. The van der Waals surface area contributed by atoms with Gasteiger partial charge >= 0.3 is 6.09 Å². The SMILES string of the molecule is C#Cc1ccccc1C(=O)N1CCC[C@@H](NC(=O)OC(C)(C)C)C1.